The Bertz CT molecular complexity index is 178. The van der Waals surface area contributed by atoms with E-state index in [0.717, 1.165) is 18.4 Å². The summed E-state index contributed by atoms with van der Waals surface area (Å²) >= 11 is 0. The van der Waals surface area contributed by atoms with Crippen molar-refractivity contribution < 1.29 is 5.11 Å². The van der Waals surface area contributed by atoms with Gasteiger partial charge in [0.05, 0.1) is 6.61 Å². The second kappa shape index (κ2) is 5.83. The lowest BCUT2D eigenvalue weighted by Gasteiger charge is -2.38. The predicted molar refractivity (Wildman–Crippen MR) is 61.8 cm³/mol. The lowest BCUT2D eigenvalue weighted by Crippen LogP contribution is -2.42. The lowest BCUT2D eigenvalue weighted by atomic mass is 9.80. The fourth-order valence-electron chi connectivity index (χ4n) is 3.14. The summed E-state index contributed by atoms with van der Waals surface area (Å²) in [4.78, 5) is 2.44. The molecule has 2 aliphatic heterocycles. The van der Waals surface area contributed by atoms with Crippen molar-refractivity contribution in [2.75, 3.05) is 39.3 Å². The molecule has 0 aliphatic carbocycles. The molecule has 3 heteroatoms. The van der Waals surface area contributed by atoms with Crippen molar-refractivity contribution in [1.29, 1.82) is 0 Å². The van der Waals surface area contributed by atoms with Gasteiger partial charge >= 0.3 is 0 Å². The van der Waals surface area contributed by atoms with Gasteiger partial charge in [0.2, 0.25) is 0 Å². The molecule has 0 bridgehead atoms. The summed E-state index contributed by atoms with van der Waals surface area (Å²) in [6, 6.07) is 0. The van der Waals surface area contributed by atoms with Crippen molar-refractivity contribution in [3.63, 3.8) is 0 Å². The van der Waals surface area contributed by atoms with Crippen LogP contribution in [0, 0.1) is 11.8 Å². The SMILES string of the molecule is OCCN1CCC[C@H](C2CCNCC2)C1. The van der Waals surface area contributed by atoms with Gasteiger partial charge < -0.3 is 15.3 Å². The van der Waals surface area contributed by atoms with Gasteiger partial charge in [-0.05, 0) is 57.2 Å². The quantitative estimate of drug-likeness (QED) is 0.722. The summed E-state index contributed by atoms with van der Waals surface area (Å²) in [5.41, 5.74) is 0. The second-order valence-corrected chi connectivity index (χ2v) is 5.01. The molecule has 0 aromatic carbocycles. The maximum absolute atomic E-state index is 8.96. The first-order chi connectivity index (χ1) is 7.40. The molecule has 2 rings (SSSR count). The highest BCUT2D eigenvalue weighted by atomic mass is 16.3. The number of aliphatic hydroxyl groups is 1. The van der Waals surface area contributed by atoms with Gasteiger partial charge in [-0.1, -0.05) is 0 Å². The third-order valence-electron chi connectivity index (χ3n) is 4.01. The average Bonchev–Trinajstić information content (AvgIpc) is 2.31. The largest absolute Gasteiger partial charge is 0.395 e. The molecule has 0 amide bonds. The van der Waals surface area contributed by atoms with Gasteiger partial charge in [-0.15, -0.1) is 0 Å². The summed E-state index contributed by atoms with van der Waals surface area (Å²) in [5, 5.41) is 12.4. The fourth-order valence-corrected chi connectivity index (χ4v) is 3.14. The van der Waals surface area contributed by atoms with Crippen molar-refractivity contribution in [3.05, 3.63) is 0 Å². The molecule has 3 nitrogen and oxygen atoms in total. The molecule has 2 saturated heterocycles. The minimum absolute atomic E-state index is 0.318. The van der Waals surface area contributed by atoms with E-state index in [1.165, 1.54) is 51.9 Å². The van der Waals surface area contributed by atoms with Crippen LogP contribution < -0.4 is 5.32 Å². The first kappa shape index (κ1) is 11.4. The maximum Gasteiger partial charge on any atom is 0.0558 e. The molecule has 0 aromatic rings. The van der Waals surface area contributed by atoms with Crippen LogP contribution in [0.3, 0.4) is 0 Å². The molecule has 0 radical (unpaired) electrons. The van der Waals surface area contributed by atoms with E-state index >= 15 is 0 Å². The van der Waals surface area contributed by atoms with Crippen LogP contribution in [0.15, 0.2) is 0 Å². The van der Waals surface area contributed by atoms with Crippen molar-refractivity contribution in [2.45, 2.75) is 25.7 Å². The van der Waals surface area contributed by atoms with Crippen LogP contribution in [0.5, 0.6) is 0 Å². The highest BCUT2D eigenvalue weighted by molar-refractivity contribution is 4.81. The molecule has 0 spiro atoms. The number of hydrogen-bond donors (Lipinski definition) is 2. The van der Waals surface area contributed by atoms with Crippen LogP contribution in [-0.4, -0.2) is 49.3 Å². The van der Waals surface area contributed by atoms with Crippen molar-refractivity contribution >= 4 is 0 Å². The number of β-amino-alcohol motifs (C(OH)–C–C–N with tert-alkyl or cyclic N) is 1. The van der Waals surface area contributed by atoms with E-state index in [1.54, 1.807) is 0 Å². The standard InChI is InChI=1S/C12H24N2O/c15-9-8-14-7-1-2-12(10-14)11-3-5-13-6-4-11/h11-13,15H,1-10H2/t12-/m0/s1. The summed E-state index contributed by atoms with van der Waals surface area (Å²) in [7, 11) is 0. The van der Waals surface area contributed by atoms with Crippen LogP contribution in [-0.2, 0) is 0 Å². The highest BCUT2D eigenvalue weighted by Crippen LogP contribution is 2.29. The van der Waals surface area contributed by atoms with Crippen LogP contribution >= 0.6 is 0 Å². The van der Waals surface area contributed by atoms with E-state index in [1.807, 2.05) is 0 Å². The Morgan fingerprint density at radius 3 is 2.67 bits per heavy atom. The van der Waals surface area contributed by atoms with E-state index in [9.17, 15) is 0 Å². The number of aliphatic hydroxyl groups excluding tert-OH is 1. The molecule has 88 valence electrons. The van der Waals surface area contributed by atoms with Crippen molar-refractivity contribution in [2.24, 2.45) is 11.8 Å². The molecule has 2 N–H and O–H groups in total. The smallest absolute Gasteiger partial charge is 0.0558 e. The Kier molecular flexibility index (Phi) is 4.42. The zero-order valence-electron chi connectivity index (χ0n) is 9.62. The summed E-state index contributed by atoms with van der Waals surface area (Å²) in [6.45, 7) is 6.04. The normalized spacial score (nSPS) is 30.6. The van der Waals surface area contributed by atoms with E-state index in [4.69, 9.17) is 5.11 Å². The van der Waals surface area contributed by atoms with Gasteiger partial charge in [-0.2, -0.15) is 0 Å². The molecule has 1 atom stereocenters. The average molecular weight is 212 g/mol. The lowest BCUT2D eigenvalue weighted by molar-refractivity contribution is 0.101. The molecular formula is C12H24N2O. The van der Waals surface area contributed by atoms with Gasteiger partial charge in [-0.25, -0.2) is 0 Å². The fraction of sp³-hybridized carbons (Fsp3) is 1.00. The molecule has 2 fully saturated rings. The van der Waals surface area contributed by atoms with Gasteiger partial charge in [0.1, 0.15) is 0 Å². The number of hydrogen-bond acceptors (Lipinski definition) is 3. The van der Waals surface area contributed by atoms with Gasteiger partial charge in [-0.3, -0.25) is 0 Å². The van der Waals surface area contributed by atoms with Crippen LogP contribution in [0.25, 0.3) is 0 Å². The zero-order valence-corrected chi connectivity index (χ0v) is 9.62. The molecule has 0 saturated carbocycles. The molecule has 15 heavy (non-hydrogen) atoms. The Hall–Kier alpha value is -0.120. The molecule has 0 aromatic heterocycles. The third-order valence-corrected chi connectivity index (χ3v) is 4.01. The third kappa shape index (κ3) is 3.16. The zero-order chi connectivity index (χ0) is 10.5. The molecular weight excluding hydrogens is 188 g/mol. The van der Waals surface area contributed by atoms with Crippen molar-refractivity contribution in [1.82, 2.24) is 10.2 Å². The predicted octanol–water partition coefficient (Wildman–Crippen LogP) is 0.690. The van der Waals surface area contributed by atoms with Crippen molar-refractivity contribution in [3.8, 4) is 0 Å². The summed E-state index contributed by atoms with van der Waals surface area (Å²) in [5.74, 6) is 1.83. The highest BCUT2D eigenvalue weighted by Gasteiger charge is 2.27. The maximum atomic E-state index is 8.96. The van der Waals surface area contributed by atoms with Crippen LogP contribution in [0.4, 0.5) is 0 Å². The minimum atomic E-state index is 0.318. The Balaban J connectivity index is 1.80. The van der Waals surface area contributed by atoms with Gasteiger partial charge in [0.15, 0.2) is 0 Å². The van der Waals surface area contributed by atoms with Gasteiger partial charge in [0.25, 0.3) is 0 Å². The number of nitrogens with zero attached hydrogens (tertiary/aromatic N) is 1. The van der Waals surface area contributed by atoms with E-state index in [0.29, 0.717) is 6.61 Å². The molecule has 2 aliphatic rings. The Labute approximate surface area is 92.8 Å². The summed E-state index contributed by atoms with van der Waals surface area (Å²) in [6.07, 6.45) is 5.45. The number of likely N-dealkylation sites (tertiary alicyclic amines) is 1. The number of rotatable bonds is 3. The first-order valence-corrected chi connectivity index (χ1v) is 6.44. The van der Waals surface area contributed by atoms with Crippen LogP contribution in [0.2, 0.25) is 0 Å². The minimum Gasteiger partial charge on any atom is -0.395 e. The monoisotopic (exact) mass is 212 g/mol. The van der Waals surface area contributed by atoms with Gasteiger partial charge in [0, 0.05) is 13.1 Å². The Morgan fingerprint density at radius 2 is 1.93 bits per heavy atom. The first-order valence-electron chi connectivity index (χ1n) is 6.44. The topological polar surface area (TPSA) is 35.5 Å². The van der Waals surface area contributed by atoms with Crippen LogP contribution in [0.1, 0.15) is 25.7 Å². The van der Waals surface area contributed by atoms with E-state index in [-0.39, 0.29) is 0 Å². The molecule has 2 heterocycles. The second-order valence-electron chi connectivity index (χ2n) is 5.01. The Morgan fingerprint density at radius 1 is 1.13 bits per heavy atom. The van der Waals surface area contributed by atoms with E-state index in [2.05, 4.69) is 10.2 Å². The summed E-state index contributed by atoms with van der Waals surface area (Å²) < 4.78 is 0. The number of nitrogens with one attached hydrogen (secondary N) is 1. The van der Waals surface area contributed by atoms with E-state index < -0.39 is 0 Å². The molecule has 0 unspecified atom stereocenters. The number of piperidine rings is 2.